The molecule has 0 spiro atoms. The second kappa shape index (κ2) is 6.82. The van der Waals surface area contributed by atoms with Gasteiger partial charge in [0.15, 0.2) is 6.29 Å². The molecule has 130 valence electrons. The van der Waals surface area contributed by atoms with Gasteiger partial charge < -0.3 is 19.1 Å². The summed E-state index contributed by atoms with van der Waals surface area (Å²) in [7, 11) is 0. The van der Waals surface area contributed by atoms with Crippen LogP contribution in [0.25, 0.3) is 0 Å². The van der Waals surface area contributed by atoms with Crippen LogP contribution in [0.2, 0.25) is 0 Å². The Labute approximate surface area is 142 Å². The van der Waals surface area contributed by atoms with E-state index in [0.29, 0.717) is 13.0 Å². The van der Waals surface area contributed by atoms with Gasteiger partial charge in [-0.25, -0.2) is 0 Å². The molecule has 1 aromatic rings. The number of nitrogens with zero attached hydrogens (tertiary/aromatic N) is 1. The number of carbonyl (C=O) groups is 1. The van der Waals surface area contributed by atoms with Crippen LogP contribution < -0.4 is 0 Å². The summed E-state index contributed by atoms with van der Waals surface area (Å²) in [6.07, 6.45) is 4.74. The maximum atomic E-state index is 12.7. The molecule has 0 bridgehead atoms. The molecule has 4 rings (SSSR count). The van der Waals surface area contributed by atoms with Crippen LogP contribution in [-0.2, 0) is 19.0 Å². The third kappa shape index (κ3) is 2.96. The van der Waals surface area contributed by atoms with Gasteiger partial charge in [0.1, 0.15) is 5.72 Å². The van der Waals surface area contributed by atoms with Crippen LogP contribution in [0.5, 0.6) is 0 Å². The summed E-state index contributed by atoms with van der Waals surface area (Å²) in [5, 5.41) is 0. The maximum absolute atomic E-state index is 12.7. The number of benzene rings is 1. The van der Waals surface area contributed by atoms with E-state index in [1.54, 1.807) is 0 Å². The van der Waals surface area contributed by atoms with E-state index in [0.717, 1.165) is 50.9 Å². The number of piperidine rings is 1. The second-order valence-electron chi connectivity index (χ2n) is 6.86. The van der Waals surface area contributed by atoms with Crippen LogP contribution in [0.15, 0.2) is 30.3 Å². The number of rotatable bonds is 4. The van der Waals surface area contributed by atoms with E-state index in [4.69, 9.17) is 14.2 Å². The van der Waals surface area contributed by atoms with Crippen LogP contribution in [0.3, 0.4) is 0 Å². The molecule has 0 aromatic heterocycles. The Kier molecular flexibility index (Phi) is 4.57. The van der Waals surface area contributed by atoms with E-state index in [2.05, 4.69) is 12.1 Å². The summed E-state index contributed by atoms with van der Waals surface area (Å²) in [6, 6.07) is 10.2. The van der Waals surface area contributed by atoms with Crippen LogP contribution >= 0.6 is 0 Å². The topological polar surface area (TPSA) is 48.0 Å². The fraction of sp³-hybridized carbons (Fsp3) is 0.632. The lowest BCUT2D eigenvalue weighted by Crippen LogP contribution is -2.52. The Morgan fingerprint density at radius 1 is 1.12 bits per heavy atom. The molecule has 1 aromatic carbocycles. The molecule has 24 heavy (non-hydrogen) atoms. The highest BCUT2D eigenvalue weighted by Crippen LogP contribution is 2.46. The lowest BCUT2D eigenvalue weighted by atomic mass is 9.91. The first-order valence-corrected chi connectivity index (χ1v) is 9.03. The predicted molar refractivity (Wildman–Crippen MR) is 88.1 cm³/mol. The summed E-state index contributed by atoms with van der Waals surface area (Å²) in [5.74, 6) is 0.207. The van der Waals surface area contributed by atoms with Crippen LogP contribution in [-0.4, -0.2) is 42.6 Å². The second-order valence-corrected chi connectivity index (χ2v) is 6.86. The van der Waals surface area contributed by atoms with E-state index in [-0.39, 0.29) is 18.2 Å². The summed E-state index contributed by atoms with van der Waals surface area (Å²) in [6.45, 7) is 2.09. The first-order chi connectivity index (χ1) is 11.8. The van der Waals surface area contributed by atoms with Gasteiger partial charge in [-0.05, 0) is 24.8 Å². The van der Waals surface area contributed by atoms with Gasteiger partial charge in [-0.1, -0.05) is 30.3 Å². The van der Waals surface area contributed by atoms with Crippen molar-refractivity contribution in [2.24, 2.45) is 0 Å². The van der Waals surface area contributed by atoms with Crippen molar-refractivity contribution in [1.82, 2.24) is 4.90 Å². The highest BCUT2D eigenvalue weighted by atomic mass is 16.7. The molecule has 0 aliphatic carbocycles. The van der Waals surface area contributed by atoms with Crippen LogP contribution in [0.4, 0.5) is 0 Å². The quantitative estimate of drug-likeness (QED) is 0.851. The van der Waals surface area contributed by atoms with Crippen molar-refractivity contribution in [1.29, 1.82) is 0 Å². The van der Waals surface area contributed by atoms with Gasteiger partial charge in [0.05, 0.1) is 25.9 Å². The molecule has 0 unspecified atom stereocenters. The Morgan fingerprint density at radius 3 is 2.71 bits per heavy atom. The van der Waals surface area contributed by atoms with Gasteiger partial charge in [-0.2, -0.15) is 0 Å². The van der Waals surface area contributed by atoms with Gasteiger partial charge in [-0.15, -0.1) is 0 Å². The van der Waals surface area contributed by atoms with Crippen molar-refractivity contribution in [3.05, 3.63) is 35.9 Å². The van der Waals surface area contributed by atoms with Crippen LogP contribution in [0, 0.1) is 0 Å². The summed E-state index contributed by atoms with van der Waals surface area (Å²) < 4.78 is 17.6. The molecular formula is C19H25NO4. The first-order valence-electron chi connectivity index (χ1n) is 9.03. The number of ether oxygens (including phenoxy) is 3. The minimum atomic E-state index is -0.486. The minimum Gasteiger partial charge on any atom is -0.353 e. The molecule has 0 N–H and O–H groups in total. The largest absolute Gasteiger partial charge is 0.353 e. The Hall–Kier alpha value is -1.43. The lowest BCUT2D eigenvalue weighted by molar-refractivity contribution is -0.197. The zero-order chi connectivity index (χ0) is 16.4. The lowest BCUT2D eigenvalue weighted by Gasteiger charge is -2.43. The summed E-state index contributed by atoms with van der Waals surface area (Å²) >= 11 is 0. The molecule has 3 aliphatic rings. The predicted octanol–water partition coefficient (Wildman–Crippen LogP) is 3.01. The van der Waals surface area contributed by atoms with Crippen molar-refractivity contribution < 1.29 is 19.0 Å². The summed E-state index contributed by atoms with van der Waals surface area (Å²) in [4.78, 5) is 14.7. The zero-order valence-corrected chi connectivity index (χ0v) is 14.0. The van der Waals surface area contributed by atoms with Crippen LogP contribution in [0.1, 0.15) is 50.1 Å². The number of fused-ring (bicyclic) bond motifs is 1. The van der Waals surface area contributed by atoms with Gasteiger partial charge in [-0.3, -0.25) is 4.79 Å². The van der Waals surface area contributed by atoms with E-state index in [1.165, 1.54) is 0 Å². The van der Waals surface area contributed by atoms with E-state index in [1.807, 2.05) is 23.1 Å². The Balaban J connectivity index is 1.52. The molecule has 0 radical (unpaired) electrons. The molecule has 1 amide bonds. The van der Waals surface area contributed by atoms with Crippen molar-refractivity contribution in [2.45, 2.75) is 56.6 Å². The normalized spacial score (nSPS) is 31.2. The molecule has 3 heterocycles. The number of hydrogen-bond acceptors (Lipinski definition) is 4. The highest BCUT2D eigenvalue weighted by Gasteiger charge is 2.52. The highest BCUT2D eigenvalue weighted by molar-refractivity contribution is 5.78. The number of amides is 1. The molecule has 5 nitrogen and oxygen atoms in total. The van der Waals surface area contributed by atoms with Crippen molar-refractivity contribution in [2.75, 3.05) is 19.8 Å². The smallest absolute Gasteiger partial charge is 0.225 e. The fourth-order valence-electron chi connectivity index (χ4n) is 4.18. The minimum absolute atomic E-state index is 0.0205. The maximum Gasteiger partial charge on any atom is 0.225 e. The molecule has 3 aliphatic heterocycles. The molecular weight excluding hydrogens is 306 g/mol. The van der Waals surface area contributed by atoms with E-state index < -0.39 is 5.72 Å². The molecule has 3 saturated heterocycles. The van der Waals surface area contributed by atoms with Crippen molar-refractivity contribution in [3.63, 3.8) is 0 Å². The molecule has 3 fully saturated rings. The van der Waals surface area contributed by atoms with E-state index >= 15 is 0 Å². The SMILES string of the molecule is O=C1CCC[C@@]2(CCC3OCCCO3)OC[C@H](c3ccccc3)N12. The Morgan fingerprint density at radius 2 is 1.92 bits per heavy atom. The average Bonchev–Trinajstić information content (AvgIpc) is 3.03. The molecule has 2 atom stereocenters. The van der Waals surface area contributed by atoms with Gasteiger partial charge in [0.2, 0.25) is 5.91 Å². The Bertz CT molecular complexity index is 572. The molecule has 0 saturated carbocycles. The van der Waals surface area contributed by atoms with Gasteiger partial charge in [0, 0.05) is 19.3 Å². The first kappa shape index (κ1) is 16.1. The zero-order valence-electron chi connectivity index (χ0n) is 14.0. The third-order valence-corrected chi connectivity index (χ3v) is 5.34. The standard InChI is InChI=1S/C19H25NO4/c21-17-8-4-10-19(11-9-18-22-12-5-13-23-18)20(17)16(14-24-19)15-6-2-1-3-7-15/h1-3,6-7,16,18H,4-5,8-14H2/t16-,19+/m1/s1. The number of carbonyl (C=O) groups excluding carboxylic acids is 1. The monoisotopic (exact) mass is 331 g/mol. The van der Waals surface area contributed by atoms with Crippen molar-refractivity contribution >= 4 is 5.91 Å². The molecule has 5 heteroatoms. The number of hydrogen-bond donors (Lipinski definition) is 0. The average molecular weight is 331 g/mol. The summed E-state index contributed by atoms with van der Waals surface area (Å²) in [5.41, 5.74) is 0.666. The van der Waals surface area contributed by atoms with Gasteiger partial charge in [0.25, 0.3) is 0 Å². The van der Waals surface area contributed by atoms with Gasteiger partial charge >= 0.3 is 0 Å². The fourth-order valence-corrected chi connectivity index (χ4v) is 4.18. The van der Waals surface area contributed by atoms with Crippen molar-refractivity contribution in [3.8, 4) is 0 Å². The van der Waals surface area contributed by atoms with E-state index in [9.17, 15) is 4.79 Å². The third-order valence-electron chi connectivity index (χ3n) is 5.34.